The van der Waals surface area contributed by atoms with Crippen molar-refractivity contribution in [3.05, 3.63) is 100 Å². The third kappa shape index (κ3) is 5.10. The van der Waals surface area contributed by atoms with Crippen molar-refractivity contribution in [3.63, 3.8) is 0 Å². The van der Waals surface area contributed by atoms with Crippen LogP contribution in [0.5, 0.6) is 5.75 Å². The molecule has 0 saturated carbocycles. The van der Waals surface area contributed by atoms with E-state index < -0.39 is 12.0 Å². The molecule has 0 radical (unpaired) electrons. The van der Waals surface area contributed by atoms with Crippen LogP contribution in [0.25, 0.3) is 10.9 Å². The van der Waals surface area contributed by atoms with Crippen molar-refractivity contribution < 1.29 is 19.0 Å². The van der Waals surface area contributed by atoms with Crippen molar-refractivity contribution in [3.8, 4) is 5.75 Å². The number of hydrogen-bond donors (Lipinski definition) is 3. The van der Waals surface area contributed by atoms with Gasteiger partial charge in [0.05, 0.1) is 0 Å². The lowest BCUT2D eigenvalue weighted by molar-refractivity contribution is -0.139. The van der Waals surface area contributed by atoms with Gasteiger partial charge in [-0.2, -0.15) is 0 Å². The molecule has 3 N–H and O–H groups in total. The lowest BCUT2D eigenvalue weighted by atomic mass is 10.0. The van der Waals surface area contributed by atoms with Crippen molar-refractivity contribution >= 4 is 28.5 Å². The quantitative estimate of drug-likeness (QED) is 0.321. The number of halogens is 2. The predicted octanol–water partition coefficient (Wildman–Crippen LogP) is 5.32. The predicted molar refractivity (Wildman–Crippen MR) is 122 cm³/mol. The SMILES string of the molecule is O=C(O)[C@H](Cc1c[nH]c2ccccc12)NCc1cc(Cl)ccc1OCc1ccccc1F. The molecule has 0 bridgehead atoms. The van der Waals surface area contributed by atoms with E-state index in [9.17, 15) is 14.3 Å². The summed E-state index contributed by atoms with van der Waals surface area (Å²) in [5, 5.41) is 14.3. The van der Waals surface area contributed by atoms with Gasteiger partial charge in [-0.15, -0.1) is 0 Å². The van der Waals surface area contributed by atoms with E-state index in [-0.39, 0.29) is 19.0 Å². The summed E-state index contributed by atoms with van der Waals surface area (Å²) in [5.74, 6) is -0.779. The smallest absolute Gasteiger partial charge is 0.321 e. The van der Waals surface area contributed by atoms with Crippen LogP contribution in [0.1, 0.15) is 16.7 Å². The second kappa shape index (κ2) is 9.85. The Kier molecular flexibility index (Phi) is 6.73. The molecular weight excluding hydrogens is 431 g/mol. The average molecular weight is 453 g/mol. The lowest BCUT2D eigenvalue weighted by Gasteiger charge is -2.17. The highest BCUT2D eigenvalue weighted by atomic mass is 35.5. The Labute approximate surface area is 189 Å². The third-order valence-corrected chi connectivity index (χ3v) is 5.53. The number of rotatable bonds is 9. The third-order valence-electron chi connectivity index (χ3n) is 5.30. The Morgan fingerprint density at radius 1 is 1.06 bits per heavy atom. The van der Waals surface area contributed by atoms with E-state index in [1.54, 1.807) is 36.4 Å². The van der Waals surface area contributed by atoms with Crippen LogP contribution in [-0.4, -0.2) is 22.1 Å². The number of fused-ring (bicyclic) bond motifs is 1. The summed E-state index contributed by atoms with van der Waals surface area (Å²) in [6.45, 7) is 0.283. The van der Waals surface area contributed by atoms with Crippen LogP contribution in [0.4, 0.5) is 4.39 Å². The molecule has 0 unspecified atom stereocenters. The molecule has 0 aliphatic rings. The van der Waals surface area contributed by atoms with Crippen LogP contribution in [0.2, 0.25) is 5.02 Å². The summed E-state index contributed by atoms with van der Waals surface area (Å²) in [7, 11) is 0. The standard InChI is InChI=1S/C25H22ClFN2O3/c26-19-9-10-24(32-15-16-5-1-3-7-21(16)27)18(11-19)14-29-23(25(30)31)12-17-13-28-22-8-4-2-6-20(17)22/h1-11,13,23,28-29H,12,14-15H2,(H,30,31)/t23-/m0/s1. The molecule has 5 nitrogen and oxygen atoms in total. The van der Waals surface area contributed by atoms with Gasteiger partial charge < -0.3 is 14.8 Å². The van der Waals surface area contributed by atoms with Crippen LogP contribution < -0.4 is 10.1 Å². The van der Waals surface area contributed by atoms with E-state index in [4.69, 9.17) is 16.3 Å². The van der Waals surface area contributed by atoms with E-state index in [2.05, 4.69) is 10.3 Å². The summed E-state index contributed by atoms with van der Waals surface area (Å²) in [6, 6.07) is 18.5. The molecule has 0 saturated heterocycles. The fraction of sp³-hybridized carbons (Fsp3) is 0.160. The molecule has 0 amide bonds. The van der Waals surface area contributed by atoms with Crippen LogP contribution in [-0.2, 0) is 24.4 Å². The monoisotopic (exact) mass is 452 g/mol. The van der Waals surface area contributed by atoms with Gasteiger partial charge in [-0.1, -0.05) is 48.0 Å². The first-order valence-corrected chi connectivity index (χ1v) is 10.5. The topological polar surface area (TPSA) is 74.3 Å². The zero-order valence-electron chi connectivity index (χ0n) is 17.1. The average Bonchev–Trinajstić information content (AvgIpc) is 3.19. The highest BCUT2D eigenvalue weighted by Gasteiger charge is 2.20. The normalized spacial score (nSPS) is 12.1. The molecule has 0 spiro atoms. The Balaban J connectivity index is 1.48. The molecule has 164 valence electrons. The molecule has 3 aromatic carbocycles. The molecule has 4 aromatic rings. The lowest BCUT2D eigenvalue weighted by Crippen LogP contribution is -2.38. The minimum atomic E-state index is -0.953. The van der Waals surface area contributed by atoms with Crippen molar-refractivity contribution in [2.45, 2.75) is 25.6 Å². The maximum atomic E-state index is 13.9. The van der Waals surface area contributed by atoms with Crippen LogP contribution >= 0.6 is 11.6 Å². The number of aliphatic carboxylic acids is 1. The molecule has 0 fully saturated rings. The fourth-order valence-electron chi connectivity index (χ4n) is 3.60. The highest BCUT2D eigenvalue weighted by Crippen LogP contribution is 2.25. The number of benzene rings is 3. The molecule has 7 heteroatoms. The van der Waals surface area contributed by atoms with Gasteiger partial charge in [-0.3, -0.25) is 10.1 Å². The van der Waals surface area contributed by atoms with Gasteiger partial charge in [-0.05, 0) is 35.9 Å². The number of nitrogens with one attached hydrogen (secondary N) is 2. The first kappa shape index (κ1) is 21.9. The van der Waals surface area contributed by atoms with Gasteiger partial charge in [0, 0.05) is 46.2 Å². The maximum Gasteiger partial charge on any atom is 0.321 e. The number of hydrogen-bond acceptors (Lipinski definition) is 3. The van der Waals surface area contributed by atoms with Gasteiger partial charge in [0.15, 0.2) is 0 Å². The van der Waals surface area contributed by atoms with Crippen molar-refractivity contribution in [2.24, 2.45) is 0 Å². The van der Waals surface area contributed by atoms with E-state index in [0.717, 1.165) is 16.5 Å². The number of carboxylic acids is 1. The Morgan fingerprint density at radius 2 is 1.84 bits per heavy atom. The van der Waals surface area contributed by atoms with Crippen molar-refractivity contribution in [1.82, 2.24) is 10.3 Å². The molecule has 1 aromatic heterocycles. The molecule has 0 aliphatic heterocycles. The Hall–Kier alpha value is -3.35. The summed E-state index contributed by atoms with van der Waals surface area (Å²) in [5.41, 5.74) is 3.01. The molecular formula is C25H22ClFN2O3. The van der Waals surface area contributed by atoms with E-state index in [1.807, 2.05) is 30.5 Å². The number of ether oxygens (including phenoxy) is 1. The molecule has 0 aliphatic carbocycles. The number of carbonyl (C=O) groups is 1. The number of aromatic nitrogens is 1. The molecule has 1 heterocycles. The first-order valence-electron chi connectivity index (χ1n) is 10.2. The van der Waals surface area contributed by atoms with E-state index in [1.165, 1.54) is 6.07 Å². The first-order chi connectivity index (χ1) is 15.5. The minimum absolute atomic E-state index is 0.0546. The van der Waals surface area contributed by atoms with Crippen molar-refractivity contribution in [2.75, 3.05) is 0 Å². The van der Waals surface area contributed by atoms with Gasteiger partial charge >= 0.3 is 5.97 Å². The second-order valence-corrected chi connectivity index (χ2v) is 7.90. The van der Waals surface area contributed by atoms with Gasteiger partial charge in [0.2, 0.25) is 0 Å². The number of aromatic amines is 1. The number of carboxylic acid groups (broad SMARTS) is 1. The largest absolute Gasteiger partial charge is 0.488 e. The zero-order valence-corrected chi connectivity index (χ0v) is 17.9. The zero-order chi connectivity index (χ0) is 22.5. The van der Waals surface area contributed by atoms with Crippen molar-refractivity contribution in [1.29, 1.82) is 0 Å². The maximum absolute atomic E-state index is 13.9. The summed E-state index contributed by atoms with van der Waals surface area (Å²) in [4.78, 5) is 15.1. The Morgan fingerprint density at radius 3 is 2.66 bits per heavy atom. The van der Waals surface area contributed by atoms with Gasteiger partial charge in [0.25, 0.3) is 0 Å². The molecule has 1 atom stereocenters. The van der Waals surface area contributed by atoms with E-state index >= 15 is 0 Å². The van der Waals surface area contributed by atoms with Gasteiger partial charge in [-0.25, -0.2) is 4.39 Å². The van der Waals surface area contributed by atoms with Gasteiger partial charge in [0.1, 0.15) is 24.2 Å². The van der Waals surface area contributed by atoms with Crippen LogP contribution in [0.3, 0.4) is 0 Å². The number of para-hydroxylation sites is 1. The van der Waals surface area contributed by atoms with Crippen LogP contribution in [0.15, 0.2) is 72.9 Å². The molecule has 4 rings (SSSR count). The molecule has 32 heavy (non-hydrogen) atoms. The highest BCUT2D eigenvalue weighted by molar-refractivity contribution is 6.30. The summed E-state index contributed by atoms with van der Waals surface area (Å²) >= 11 is 6.15. The fourth-order valence-corrected chi connectivity index (χ4v) is 3.79. The summed E-state index contributed by atoms with van der Waals surface area (Å²) in [6.07, 6.45) is 2.15. The second-order valence-electron chi connectivity index (χ2n) is 7.47. The Bertz CT molecular complexity index is 1240. The minimum Gasteiger partial charge on any atom is -0.488 e. The van der Waals surface area contributed by atoms with E-state index in [0.29, 0.717) is 28.3 Å². The number of H-pyrrole nitrogens is 1. The van der Waals surface area contributed by atoms with Crippen LogP contribution in [0, 0.1) is 5.82 Å². The summed E-state index contributed by atoms with van der Waals surface area (Å²) < 4.78 is 19.7.